The van der Waals surface area contributed by atoms with Gasteiger partial charge in [0.1, 0.15) is 13.2 Å². The molecule has 0 spiro atoms. The molecule has 14 nitrogen and oxygen atoms in total. The van der Waals surface area contributed by atoms with E-state index >= 15 is 0 Å². The van der Waals surface area contributed by atoms with Gasteiger partial charge >= 0.3 is 12.2 Å². The Morgan fingerprint density at radius 3 is 0.705 bits per heavy atom. The summed E-state index contributed by atoms with van der Waals surface area (Å²) in [4.78, 5) is 24.2. The largest absolute Gasteiger partial charge is 0.447 e. The van der Waals surface area contributed by atoms with Crippen molar-refractivity contribution in [3.8, 4) is 0 Å². The van der Waals surface area contributed by atoms with Gasteiger partial charge < -0.3 is 58.0 Å². The molecule has 0 heterocycles. The van der Waals surface area contributed by atoms with Crippen molar-refractivity contribution < 1.29 is 57.0 Å². The molecule has 2 amide bonds. The van der Waals surface area contributed by atoms with Gasteiger partial charge in [0.2, 0.25) is 0 Å². The van der Waals surface area contributed by atoms with Crippen molar-refractivity contribution in [2.24, 2.45) is 0 Å². The van der Waals surface area contributed by atoms with E-state index in [1.807, 2.05) is 0 Å². The number of ether oxygens (including phenoxy) is 10. The molecule has 0 bridgehead atoms. The standard InChI is InChI=1S/2C37H75NO6/c2*1-4-6-8-10-12-14-16-18-20-22-24-26-28-42-35-36(34-38-37(39)44-33-32-41-31-30-40-3)43-29-27-25-23-21-19-17-15-13-11-9-7-5-2/h2*36H,4-35H2,1-3H3,(H,38,39)/t36-;/m0./s1. The van der Waals surface area contributed by atoms with E-state index in [1.54, 1.807) is 14.2 Å². The van der Waals surface area contributed by atoms with E-state index < -0.39 is 12.2 Å². The minimum atomic E-state index is -0.444. The quantitative estimate of drug-likeness (QED) is 0.0558. The lowest BCUT2D eigenvalue weighted by molar-refractivity contribution is -0.0180. The van der Waals surface area contributed by atoms with Gasteiger partial charge in [-0.25, -0.2) is 9.59 Å². The molecule has 0 saturated heterocycles. The predicted octanol–water partition coefficient (Wildman–Crippen LogP) is 20.4. The summed E-state index contributed by atoms with van der Waals surface area (Å²) < 4.78 is 55.2. The molecule has 0 fully saturated rings. The monoisotopic (exact) mass is 1260 g/mol. The highest BCUT2D eigenvalue weighted by atomic mass is 16.6. The molecule has 88 heavy (non-hydrogen) atoms. The van der Waals surface area contributed by atoms with Crippen molar-refractivity contribution in [2.75, 3.05) is 120 Å². The first-order chi connectivity index (χ1) is 43.5. The van der Waals surface area contributed by atoms with Gasteiger partial charge in [0.15, 0.2) is 0 Å². The molecule has 0 radical (unpaired) electrons. The summed E-state index contributed by atoms with van der Waals surface area (Å²) >= 11 is 0. The number of nitrogens with one attached hydrogen (secondary N) is 2. The number of methoxy groups -OCH3 is 2. The van der Waals surface area contributed by atoms with Gasteiger partial charge in [0.25, 0.3) is 0 Å². The number of amides is 2. The third kappa shape index (κ3) is 78.5. The van der Waals surface area contributed by atoms with Crippen LogP contribution in [0.1, 0.15) is 336 Å². The molecule has 0 aromatic heterocycles. The number of unbranched alkanes of at least 4 members (excludes halogenated alkanes) is 44. The first-order valence-corrected chi connectivity index (χ1v) is 37.8. The number of hydrogen-bond acceptors (Lipinski definition) is 12. The Hall–Kier alpha value is -1.78. The first-order valence-electron chi connectivity index (χ1n) is 37.8. The number of hydrogen-bond donors (Lipinski definition) is 2. The van der Waals surface area contributed by atoms with E-state index in [-0.39, 0.29) is 25.4 Å². The van der Waals surface area contributed by atoms with Crippen LogP contribution in [0.2, 0.25) is 0 Å². The zero-order chi connectivity index (χ0) is 64.0. The maximum atomic E-state index is 12.1. The first kappa shape index (κ1) is 88.3. The molecule has 0 aromatic carbocycles. The molecule has 2 atom stereocenters. The fourth-order valence-electron chi connectivity index (χ4n) is 10.6. The highest BCUT2D eigenvalue weighted by Crippen LogP contribution is 2.17. The molecule has 0 aliphatic rings. The number of carbonyl (C=O) groups is 2. The molecule has 0 aromatic rings. The SMILES string of the molecule is CCCCCCCCCCCCCCOCC(CNC(=O)OCCOCCOC)OCCCCCCCCCCCCCC.CCCCCCCCCCCCCCOC[C@H](CNC(=O)OCCOCCOC)OCCCCCCCCCCCCCC. The minimum Gasteiger partial charge on any atom is -0.447 e. The van der Waals surface area contributed by atoms with Crippen LogP contribution in [0.5, 0.6) is 0 Å². The summed E-state index contributed by atoms with van der Waals surface area (Å²) in [6.45, 7) is 17.0. The van der Waals surface area contributed by atoms with Gasteiger partial charge in [-0.2, -0.15) is 0 Å². The van der Waals surface area contributed by atoms with Crippen LogP contribution in [0.4, 0.5) is 9.59 Å². The third-order valence-corrected chi connectivity index (χ3v) is 16.3. The van der Waals surface area contributed by atoms with Crippen LogP contribution in [0.25, 0.3) is 0 Å². The Labute approximate surface area is 545 Å². The predicted molar refractivity (Wildman–Crippen MR) is 370 cm³/mol. The molecule has 0 aliphatic heterocycles. The number of alkyl carbamates (subject to hydrolysis) is 2. The lowest BCUT2D eigenvalue weighted by atomic mass is 10.1. The van der Waals surface area contributed by atoms with Crippen LogP contribution in [-0.4, -0.2) is 144 Å². The zero-order valence-electron chi connectivity index (χ0n) is 59.3. The average Bonchev–Trinajstić information content (AvgIpc) is 3.53. The smallest absolute Gasteiger partial charge is 0.407 e. The summed E-state index contributed by atoms with van der Waals surface area (Å²) in [5, 5.41) is 5.67. The molecule has 0 rings (SSSR count). The second kappa shape index (κ2) is 81.3. The average molecular weight is 1260 g/mol. The second-order valence-electron chi connectivity index (χ2n) is 24.9. The van der Waals surface area contributed by atoms with Gasteiger partial charge in [-0.15, -0.1) is 0 Å². The summed E-state index contributed by atoms with van der Waals surface area (Å²) in [5.74, 6) is 0. The Bertz CT molecular complexity index is 1190. The van der Waals surface area contributed by atoms with Crippen molar-refractivity contribution in [1.29, 1.82) is 0 Å². The zero-order valence-corrected chi connectivity index (χ0v) is 59.3. The van der Waals surface area contributed by atoms with Crippen molar-refractivity contribution in [3.05, 3.63) is 0 Å². The molecule has 528 valence electrons. The van der Waals surface area contributed by atoms with Gasteiger partial charge in [-0.05, 0) is 25.7 Å². The summed E-state index contributed by atoms with van der Waals surface area (Å²) in [6, 6.07) is 0. The highest BCUT2D eigenvalue weighted by Gasteiger charge is 2.14. The van der Waals surface area contributed by atoms with E-state index in [0.717, 1.165) is 38.9 Å². The van der Waals surface area contributed by atoms with Crippen LogP contribution in [0.3, 0.4) is 0 Å². The maximum absolute atomic E-state index is 12.1. The molecule has 0 aliphatic carbocycles. The van der Waals surface area contributed by atoms with Crippen LogP contribution in [0.15, 0.2) is 0 Å². The van der Waals surface area contributed by atoms with Crippen LogP contribution in [0, 0.1) is 0 Å². The Morgan fingerprint density at radius 2 is 0.466 bits per heavy atom. The summed E-state index contributed by atoms with van der Waals surface area (Å²) in [6.07, 6.45) is 62.7. The van der Waals surface area contributed by atoms with E-state index in [2.05, 4.69) is 38.3 Å². The fourth-order valence-corrected chi connectivity index (χ4v) is 10.6. The van der Waals surface area contributed by atoms with E-state index in [0.29, 0.717) is 79.2 Å². The van der Waals surface area contributed by atoms with E-state index in [9.17, 15) is 9.59 Å². The van der Waals surface area contributed by atoms with Crippen LogP contribution >= 0.6 is 0 Å². The topological polar surface area (TPSA) is 150 Å². The molecular weight excluding hydrogens is 1110 g/mol. The van der Waals surface area contributed by atoms with Gasteiger partial charge in [0, 0.05) is 53.7 Å². The maximum Gasteiger partial charge on any atom is 0.407 e. The van der Waals surface area contributed by atoms with Gasteiger partial charge in [0.05, 0.1) is 65.1 Å². The Balaban J connectivity index is 0. The highest BCUT2D eigenvalue weighted by molar-refractivity contribution is 5.67. The number of carbonyl (C=O) groups excluding carboxylic acids is 2. The van der Waals surface area contributed by atoms with Crippen LogP contribution in [-0.2, 0) is 47.4 Å². The summed E-state index contributed by atoms with van der Waals surface area (Å²) in [5.41, 5.74) is 0. The molecule has 14 heteroatoms. The van der Waals surface area contributed by atoms with Crippen molar-refractivity contribution >= 4 is 12.2 Å². The third-order valence-electron chi connectivity index (χ3n) is 16.3. The minimum absolute atomic E-state index is 0.162. The Kier molecular flexibility index (Phi) is 81.6. The fraction of sp³-hybridized carbons (Fsp3) is 0.973. The molecule has 2 N–H and O–H groups in total. The van der Waals surface area contributed by atoms with Crippen LogP contribution < -0.4 is 10.6 Å². The van der Waals surface area contributed by atoms with E-state index in [4.69, 9.17) is 47.4 Å². The lowest BCUT2D eigenvalue weighted by Gasteiger charge is -2.19. The summed E-state index contributed by atoms with van der Waals surface area (Å²) in [7, 11) is 3.26. The van der Waals surface area contributed by atoms with Gasteiger partial charge in [-0.1, -0.05) is 310 Å². The normalized spacial score (nSPS) is 12.1. The molecular formula is C74H150N2O12. The molecule has 0 saturated carbocycles. The van der Waals surface area contributed by atoms with Gasteiger partial charge in [-0.3, -0.25) is 0 Å². The Morgan fingerprint density at radius 1 is 0.250 bits per heavy atom. The second-order valence-corrected chi connectivity index (χ2v) is 24.9. The van der Waals surface area contributed by atoms with Crippen molar-refractivity contribution in [1.82, 2.24) is 10.6 Å². The molecule has 1 unspecified atom stereocenters. The van der Waals surface area contributed by atoms with E-state index in [1.165, 1.54) is 283 Å². The van der Waals surface area contributed by atoms with Crippen molar-refractivity contribution in [3.63, 3.8) is 0 Å². The van der Waals surface area contributed by atoms with Crippen molar-refractivity contribution in [2.45, 2.75) is 348 Å². The number of rotatable bonds is 74. The lowest BCUT2D eigenvalue weighted by Crippen LogP contribution is -2.37.